The number of rotatable bonds is 7. The highest BCUT2D eigenvalue weighted by Gasteiger charge is 2.44. The van der Waals surface area contributed by atoms with Crippen LogP contribution >= 0.6 is 19.2 Å². The molecule has 4 rings (SSSR count). The molecule has 2 aromatic rings. The Hall–Kier alpha value is -1.37. The van der Waals surface area contributed by atoms with E-state index in [0.29, 0.717) is 22.9 Å². The fourth-order valence-electron chi connectivity index (χ4n) is 3.78. The first kappa shape index (κ1) is 21.8. The average molecular weight is 464 g/mol. The molecular weight excluding hydrogens is 441 g/mol. The van der Waals surface area contributed by atoms with Gasteiger partial charge in [-0.3, -0.25) is 4.57 Å². The van der Waals surface area contributed by atoms with Crippen LogP contribution in [0.2, 0.25) is 5.28 Å². The van der Waals surface area contributed by atoms with Crippen molar-refractivity contribution in [1.82, 2.24) is 19.7 Å². The molecule has 2 fully saturated rings. The van der Waals surface area contributed by atoms with Crippen LogP contribution < -0.4 is 5.32 Å². The first-order valence-electron chi connectivity index (χ1n) is 9.54. The van der Waals surface area contributed by atoms with Gasteiger partial charge < -0.3 is 34.8 Å². The van der Waals surface area contributed by atoms with Gasteiger partial charge in [-0.1, -0.05) is 12.8 Å². The number of aromatic nitrogens is 4. The number of fused-ring (bicyclic) bond motifs is 1. The van der Waals surface area contributed by atoms with E-state index >= 15 is 0 Å². The van der Waals surface area contributed by atoms with Gasteiger partial charge in [-0.15, -0.1) is 0 Å². The predicted octanol–water partition coefficient (Wildman–Crippen LogP) is 0.433. The van der Waals surface area contributed by atoms with Gasteiger partial charge in [0.2, 0.25) is 5.28 Å². The lowest BCUT2D eigenvalue weighted by molar-refractivity contribution is -0.158. The van der Waals surface area contributed by atoms with E-state index in [4.69, 9.17) is 30.9 Å². The lowest BCUT2D eigenvalue weighted by Gasteiger charge is -2.16. The molecule has 1 aliphatic heterocycles. The maximum Gasteiger partial charge on any atom is 0.351 e. The maximum atomic E-state index is 11.0. The number of halogens is 1. The molecule has 5 N–H and O–H groups in total. The number of hydrogen-bond acceptors (Lipinski definition) is 9. The van der Waals surface area contributed by atoms with Gasteiger partial charge in [0.15, 0.2) is 18.3 Å². The zero-order chi connectivity index (χ0) is 21.5. The van der Waals surface area contributed by atoms with Crippen molar-refractivity contribution in [3.05, 3.63) is 11.5 Å². The molecule has 1 saturated heterocycles. The molecule has 0 spiro atoms. The summed E-state index contributed by atoms with van der Waals surface area (Å²) in [6.07, 6.45) is -0.0733. The van der Waals surface area contributed by atoms with Crippen LogP contribution in [0.25, 0.3) is 11.0 Å². The van der Waals surface area contributed by atoms with Crippen LogP contribution in [0.3, 0.4) is 0 Å². The van der Waals surface area contributed by atoms with E-state index in [1.807, 2.05) is 0 Å². The first-order valence-corrected chi connectivity index (χ1v) is 11.7. The van der Waals surface area contributed by atoms with Gasteiger partial charge in [0, 0.05) is 6.04 Å². The third kappa shape index (κ3) is 4.76. The summed E-state index contributed by atoms with van der Waals surface area (Å²) in [6, 6.07) is 0.310. The van der Waals surface area contributed by atoms with Crippen molar-refractivity contribution in [2.75, 3.05) is 11.7 Å². The molecule has 0 amide bonds. The van der Waals surface area contributed by atoms with Crippen LogP contribution in [-0.2, 0) is 20.6 Å². The van der Waals surface area contributed by atoms with Gasteiger partial charge in [-0.2, -0.15) is 15.1 Å². The van der Waals surface area contributed by atoms with Crippen molar-refractivity contribution in [2.24, 2.45) is 0 Å². The fraction of sp³-hybridized carbons (Fsp3) is 0.688. The zero-order valence-corrected chi connectivity index (χ0v) is 17.5. The standard InChI is InChI=1S/C16H23ClN5O7P/c17-16-20-13(19-8-3-1-2-4-8)9-5-18-22(14(9)21-16)6-10-11(23)12(24)15(29-10)28-7-30(25,26)27/h5,8,10-12,15,23-24H,1-4,6-7H2,(H,19,20,21)(H2,25,26,27)/t10-,11-,12-,15-/m0/s1. The second kappa shape index (κ2) is 8.64. The SMILES string of the molecule is O=P(O)(O)CO[C@H]1O[C@@H](Cn2ncc3c(NC4CCCC4)nc(Cl)nc32)[C@H](O)[C@@H]1O. The van der Waals surface area contributed by atoms with Gasteiger partial charge >= 0.3 is 7.60 Å². The van der Waals surface area contributed by atoms with Crippen molar-refractivity contribution in [3.63, 3.8) is 0 Å². The molecule has 12 nitrogen and oxygen atoms in total. The normalized spacial score (nSPS) is 27.9. The molecule has 3 heterocycles. The lowest BCUT2D eigenvalue weighted by atomic mass is 10.1. The van der Waals surface area contributed by atoms with Crippen LogP contribution in [-0.4, -0.2) is 76.7 Å². The van der Waals surface area contributed by atoms with E-state index in [1.165, 1.54) is 4.68 Å². The number of hydrogen-bond donors (Lipinski definition) is 5. The largest absolute Gasteiger partial charge is 0.387 e. The molecule has 0 unspecified atom stereocenters. The zero-order valence-electron chi connectivity index (χ0n) is 15.8. The molecule has 1 saturated carbocycles. The monoisotopic (exact) mass is 463 g/mol. The van der Waals surface area contributed by atoms with E-state index in [9.17, 15) is 14.8 Å². The molecule has 0 radical (unpaired) electrons. The van der Waals surface area contributed by atoms with E-state index in [1.54, 1.807) is 6.20 Å². The Morgan fingerprint density at radius 2 is 2.00 bits per heavy atom. The van der Waals surface area contributed by atoms with Gasteiger partial charge in [0.25, 0.3) is 0 Å². The van der Waals surface area contributed by atoms with Crippen LogP contribution in [0.4, 0.5) is 5.82 Å². The molecule has 0 aromatic carbocycles. The third-order valence-electron chi connectivity index (χ3n) is 5.24. The maximum absolute atomic E-state index is 11.0. The number of nitrogens with one attached hydrogen (secondary N) is 1. The Bertz CT molecular complexity index is 949. The average Bonchev–Trinajstić information content (AvgIpc) is 3.37. The number of aliphatic hydroxyl groups excluding tert-OH is 2. The van der Waals surface area contributed by atoms with Gasteiger partial charge in [-0.25, -0.2) is 4.68 Å². The Morgan fingerprint density at radius 3 is 2.70 bits per heavy atom. The highest BCUT2D eigenvalue weighted by atomic mass is 35.5. The van der Waals surface area contributed by atoms with Crippen LogP contribution in [0, 0.1) is 0 Å². The quantitative estimate of drug-likeness (QED) is 0.284. The molecule has 1 aliphatic carbocycles. The van der Waals surface area contributed by atoms with Gasteiger partial charge in [-0.05, 0) is 24.4 Å². The minimum atomic E-state index is -4.45. The fourth-order valence-corrected chi connectivity index (χ4v) is 4.29. The van der Waals surface area contributed by atoms with E-state index in [0.717, 1.165) is 25.7 Å². The number of nitrogens with zero attached hydrogens (tertiary/aromatic N) is 4. The summed E-state index contributed by atoms with van der Waals surface area (Å²) in [4.78, 5) is 26.3. The smallest absolute Gasteiger partial charge is 0.351 e. The van der Waals surface area contributed by atoms with E-state index < -0.39 is 38.5 Å². The summed E-state index contributed by atoms with van der Waals surface area (Å²) < 4.78 is 22.8. The van der Waals surface area contributed by atoms with Crippen molar-refractivity contribution in [2.45, 2.75) is 62.9 Å². The Labute approximate surface area is 176 Å². The molecule has 166 valence electrons. The Morgan fingerprint density at radius 1 is 1.27 bits per heavy atom. The highest BCUT2D eigenvalue weighted by molar-refractivity contribution is 7.51. The Balaban J connectivity index is 1.51. The van der Waals surface area contributed by atoms with E-state index in [-0.39, 0.29) is 11.8 Å². The van der Waals surface area contributed by atoms with Crippen molar-refractivity contribution in [3.8, 4) is 0 Å². The summed E-state index contributed by atoms with van der Waals surface area (Å²) in [7, 11) is -4.45. The number of ether oxygens (including phenoxy) is 2. The predicted molar refractivity (Wildman–Crippen MR) is 105 cm³/mol. The summed E-state index contributed by atoms with van der Waals surface area (Å²) in [6.45, 7) is 0.00765. The second-order valence-electron chi connectivity index (χ2n) is 7.52. The van der Waals surface area contributed by atoms with Crippen LogP contribution in [0.5, 0.6) is 0 Å². The molecule has 30 heavy (non-hydrogen) atoms. The summed E-state index contributed by atoms with van der Waals surface area (Å²) in [5, 5.41) is 28.7. The van der Waals surface area contributed by atoms with Crippen molar-refractivity contribution < 1.29 is 34.0 Å². The molecule has 2 aliphatic rings. The molecule has 0 bridgehead atoms. The van der Waals surface area contributed by atoms with E-state index in [2.05, 4.69) is 20.4 Å². The summed E-state index contributed by atoms with van der Waals surface area (Å²) in [5.41, 5.74) is 0.431. The minimum Gasteiger partial charge on any atom is -0.387 e. The topological polar surface area (TPSA) is 172 Å². The van der Waals surface area contributed by atoms with Crippen LogP contribution in [0.1, 0.15) is 25.7 Å². The third-order valence-corrected chi connectivity index (χ3v) is 5.90. The van der Waals surface area contributed by atoms with Crippen molar-refractivity contribution in [1.29, 1.82) is 0 Å². The summed E-state index contributed by atoms with van der Waals surface area (Å²) >= 11 is 6.10. The molecule has 2 aromatic heterocycles. The Kier molecular flexibility index (Phi) is 6.29. The second-order valence-corrected chi connectivity index (χ2v) is 9.44. The lowest BCUT2D eigenvalue weighted by Crippen LogP contribution is -2.35. The number of aliphatic hydroxyl groups is 2. The minimum absolute atomic E-state index is 0.00765. The summed E-state index contributed by atoms with van der Waals surface area (Å²) in [5.74, 6) is 0.582. The van der Waals surface area contributed by atoms with Gasteiger partial charge in [0.05, 0.1) is 18.1 Å². The first-order chi connectivity index (χ1) is 14.2. The highest BCUT2D eigenvalue weighted by Crippen LogP contribution is 2.36. The molecule has 4 atom stereocenters. The van der Waals surface area contributed by atoms with Crippen molar-refractivity contribution >= 4 is 36.0 Å². The molecule has 14 heteroatoms. The van der Waals surface area contributed by atoms with Gasteiger partial charge in [0.1, 0.15) is 24.1 Å². The van der Waals surface area contributed by atoms with Crippen LogP contribution in [0.15, 0.2) is 6.20 Å². The molecular formula is C16H23ClN5O7P. The number of anilines is 1.